The van der Waals surface area contributed by atoms with Crippen molar-refractivity contribution in [2.24, 2.45) is 0 Å². The average Bonchev–Trinajstić information content (AvgIpc) is 2.99. The number of carbonyl (C=O) groups is 4. The van der Waals surface area contributed by atoms with Crippen molar-refractivity contribution in [3.63, 3.8) is 0 Å². The summed E-state index contributed by atoms with van der Waals surface area (Å²) in [6.07, 6.45) is -0.337. The quantitative estimate of drug-likeness (QED) is 0.293. The van der Waals surface area contributed by atoms with E-state index in [2.05, 4.69) is 21.3 Å². The number of benzene rings is 3. The Morgan fingerprint density at radius 2 is 1.66 bits per heavy atom. The number of halogens is 1. The molecule has 232 valence electrons. The second-order valence-electron chi connectivity index (χ2n) is 11.5. The van der Waals surface area contributed by atoms with Crippen molar-refractivity contribution < 1.29 is 33.4 Å². The Bertz CT molecular complexity index is 1490. The Labute approximate surface area is 255 Å². The zero-order valence-electron chi connectivity index (χ0n) is 24.9. The molecule has 0 spiro atoms. The van der Waals surface area contributed by atoms with Crippen LogP contribution in [0.5, 0.6) is 11.5 Å². The fraction of sp³-hybridized carbons (Fsp3) is 0.333. The maximum atomic E-state index is 13.5. The first-order valence-electron chi connectivity index (χ1n) is 14.4. The van der Waals surface area contributed by atoms with Crippen LogP contribution >= 0.6 is 0 Å². The standard InChI is InChI=1S/C33H37FN4O6/c1-20-18-44-28-7-5-4-6-25(28)30(41)38-27(31(42)35-19-33(2,3)22-10-12-23(34)13-11-22)17-29(40)37-26(32(43)36-20)16-21-8-14-24(39)15-9-21/h4-15,20,26-27,39H,16-19H2,1-3H3,(H,35,42)(H,36,43)(H,37,40)(H,38,41)/t20-,26+,27+/m1/s1. The second kappa shape index (κ2) is 14.0. The monoisotopic (exact) mass is 604 g/mol. The van der Waals surface area contributed by atoms with Gasteiger partial charge in [-0.25, -0.2) is 4.39 Å². The van der Waals surface area contributed by atoms with Crippen molar-refractivity contribution >= 4 is 23.6 Å². The molecular formula is C33H37FN4O6. The number of rotatable bonds is 6. The molecule has 3 atom stereocenters. The molecule has 4 amide bonds. The smallest absolute Gasteiger partial charge is 0.255 e. The van der Waals surface area contributed by atoms with E-state index in [0.29, 0.717) is 5.56 Å². The molecule has 44 heavy (non-hydrogen) atoms. The van der Waals surface area contributed by atoms with Crippen LogP contribution in [0.2, 0.25) is 0 Å². The van der Waals surface area contributed by atoms with Gasteiger partial charge in [0.2, 0.25) is 17.7 Å². The summed E-state index contributed by atoms with van der Waals surface area (Å²) in [5, 5.41) is 20.7. The predicted octanol–water partition coefficient (Wildman–Crippen LogP) is 2.74. The van der Waals surface area contributed by atoms with E-state index < -0.39 is 53.6 Å². The van der Waals surface area contributed by atoms with Crippen LogP contribution in [0.1, 0.15) is 48.7 Å². The summed E-state index contributed by atoms with van der Waals surface area (Å²) in [7, 11) is 0. The van der Waals surface area contributed by atoms with Crippen molar-refractivity contribution in [1.29, 1.82) is 0 Å². The van der Waals surface area contributed by atoms with Gasteiger partial charge in [-0.2, -0.15) is 0 Å². The minimum absolute atomic E-state index is 0.0400. The fourth-order valence-electron chi connectivity index (χ4n) is 4.78. The van der Waals surface area contributed by atoms with Gasteiger partial charge in [-0.1, -0.05) is 50.2 Å². The summed E-state index contributed by atoms with van der Waals surface area (Å²) in [6.45, 7) is 5.66. The number of fused-ring (bicyclic) bond motifs is 1. The molecule has 10 nitrogen and oxygen atoms in total. The van der Waals surface area contributed by atoms with E-state index in [-0.39, 0.29) is 42.5 Å². The van der Waals surface area contributed by atoms with Crippen molar-refractivity contribution in [3.05, 3.63) is 95.3 Å². The van der Waals surface area contributed by atoms with E-state index in [4.69, 9.17) is 4.74 Å². The Morgan fingerprint density at radius 1 is 0.977 bits per heavy atom. The Balaban J connectivity index is 1.59. The number of phenolic OH excluding ortho intramolecular Hbond substituents is 1. The van der Waals surface area contributed by atoms with Gasteiger partial charge in [-0.05, 0) is 54.4 Å². The largest absolute Gasteiger partial charge is 0.508 e. The normalized spacial score (nSPS) is 19.7. The molecule has 3 aromatic rings. The topological polar surface area (TPSA) is 146 Å². The first-order valence-corrected chi connectivity index (χ1v) is 14.4. The van der Waals surface area contributed by atoms with Gasteiger partial charge in [0.15, 0.2) is 0 Å². The molecule has 0 bridgehead atoms. The number of ether oxygens (including phenoxy) is 1. The highest BCUT2D eigenvalue weighted by atomic mass is 19.1. The van der Waals surface area contributed by atoms with E-state index in [1.807, 2.05) is 13.8 Å². The van der Waals surface area contributed by atoms with Gasteiger partial charge in [-0.3, -0.25) is 19.2 Å². The number of hydrogen-bond donors (Lipinski definition) is 5. The van der Waals surface area contributed by atoms with Crippen molar-refractivity contribution in [3.8, 4) is 11.5 Å². The van der Waals surface area contributed by atoms with Crippen LogP contribution in [0.3, 0.4) is 0 Å². The third kappa shape index (κ3) is 8.56. The van der Waals surface area contributed by atoms with Gasteiger partial charge in [0.1, 0.15) is 36.0 Å². The Hall–Kier alpha value is -4.93. The number of amides is 4. The first kappa shape index (κ1) is 32.0. The SMILES string of the molecule is C[C@@H]1COc2ccccc2C(=O)N[C@H](C(=O)NCC(C)(C)c2ccc(F)cc2)CC(=O)N[C@@H](Cc2ccc(O)cc2)C(=O)N1. The van der Waals surface area contributed by atoms with Crippen LogP contribution in [0.4, 0.5) is 4.39 Å². The Kier molecular flexibility index (Phi) is 10.2. The number of aromatic hydroxyl groups is 1. The maximum absolute atomic E-state index is 13.5. The molecule has 0 saturated carbocycles. The molecule has 1 heterocycles. The molecule has 1 aliphatic rings. The summed E-state index contributed by atoms with van der Waals surface area (Å²) in [5.74, 6) is -2.37. The van der Waals surface area contributed by atoms with Crippen molar-refractivity contribution in [2.45, 2.75) is 57.2 Å². The van der Waals surface area contributed by atoms with Crippen molar-refractivity contribution in [2.75, 3.05) is 13.2 Å². The molecule has 5 N–H and O–H groups in total. The second-order valence-corrected chi connectivity index (χ2v) is 11.5. The number of carbonyl (C=O) groups excluding carboxylic acids is 4. The zero-order valence-corrected chi connectivity index (χ0v) is 24.9. The fourth-order valence-corrected chi connectivity index (χ4v) is 4.78. The van der Waals surface area contributed by atoms with Gasteiger partial charge >= 0.3 is 0 Å². The van der Waals surface area contributed by atoms with E-state index in [0.717, 1.165) is 5.56 Å². The molecule has 0 fully saturated rings. The molecule has 4 rings (SSSR count). The van der Waals surface area contributed by atoms with Crippen molar-refractivity contribution in [1.82, 2.24) is 21.3 Å². The molecule has 0 aromatic heterocycles. The van der Waals surface area contributed by atoms with Gasteiger partial charge in [-0.15, -0.1) is 0 Å². The lowest BCUT2D eigenvalue weighted by atomic mass is 9.84. The minimum Gasteiger partial charge on any atom is -0.508 e. The van der Waals surface area contributed by atoms with Gasteiger partial charge in [0.25, 0.3) is 5.91 Å². The first-order chi connectivity index (χ1) is 20.9. The van der Waals surface area contributed by atoms with Gasteiger partial charge in [0, 0.05) is 18.4 Å². The third-order valence-electron chi connectivity index (χ3n) is 7.38. The summed E-state index contributed by atoms with van der Waals surface area (Å²) < 4.78 is 19.3. The van der Waals surface area contributed by atoms with Crippen LogP contribution in [-0.4, -0.2) is 60.0 Å². The van der Waals surface area contributed by atoms with E-state index in [9.17, 15) is 28.7 Å². The summed E-state index contributed by atoms with van der Waals surface area (Å²) in [6, 6.07) is 15.9. The molecule has 11 heteroatoms. The van der Waals surface area contributed by atoms with E-state index >= 15 is 0 Å². The summed E-state index contributed by atoms with van der Waals surface area (Å²) in [5.41, 5.74) is 1.04. The maximum Gasteiger partial charge on any atom is 0.255 e. The molecule has 3 aromatic carbocycles. The highest BCUT2D eigenvalue weighted by Gasteiger charge is 2.31. The number of nitrogens with one attached hydrogen (secondary N) is 4. The lowest BCUT2D eigenvalue weighted by Crippen LogP contribution is -2.54. The molecular weight excluding hydrogens is 567 g/mol. The average molecular weight is 605 g/mol. The van der Waals surface area contributed by atoms with Gasteiger partial charge < -0.3 is 31.1 Å². The number of hydrogen-bond acceptors (Lipinski definition) is 6. The Morgan fingerprint density at radius 3 is 2.36 bits per heavy atom. The van der Waals surface area contributed by atoms with Crippen LogP contribution in [0.15, 0.2) is 72.8 Å². The zero-order chi connectivity index (χ0) is 31.9. The molecule has 0 unspecified atom stereocenters. The van der Waals surface area contributed by atoms with Crippen LogP contribution in [0, 0.1) is 5.82 Å². The third-order valence-corrected chi connectivity index (χ3v) is 7.38. The van der Waals surface area contributed by atoms with Gasteiger partial charge in [0.05, 0.1) is 18.0 Å². The lowest BCUT2D eigenvalue weighted by Gasteiger charge is -2.28. The highest BCUT2D eigenvalue weighted by Crippen LogP contribution is 2.23. The summed E-state index contributed by atoms with van der Waals surface area (Å²) in [4.78, 5) is 53.5. The van der Waals surface area contributed by atoms with Crippen LogP contribution in [0.25, 0.3) is 0 Å². The summed E-state index contributed by atoms with van der Waals surface area (Å²) >= 11 is 0. The molecule has 0 aliphatic carbocycles. The van der Waals surface area contributed by atoms with Crippen LogP contribution < -0.4 is 26.0 Å². The predicted molar refractivity (Wildman–Crippen MR) is 162 cm³/mol. The minimum atomic E-state index is -1.29. The number of para-hydroxylation sites is 1. The van der Waals surface area contributed by atoms with E-state index in [1.54, 1.807) is 55.5 Å². The molecule has 0 saturated heterocycles. The van der Waals surface area contributed by atoms with E-state index in [1.165, 1.54) is 24.3 Å². The van der Waals surface area contributed by atoms with Crippen LogP contribution in [-0.2, 0) is 26.2 Å². The highest BCUT2D eigenvalue weighted by molar-refractivity contribution is 6.01. The molecule has 0 radical (unpaired) electrons. The number of phenols is 1. The lowest BCUT2D eigenvalue weighted by molar-refractivity contribution is -0.131. The molecule has 1 aliphatic heterocycles.